The highest BCUT2D eigenvalue weighted by atomic mass is 19.4. The number of halogens is 3. The molecule has 0 aliphatic rings. The lowest BCUT2D eigenvalue weighted by atomic mass is 10.0. The number of ether oxygens (including phenoxy) is 1. The van der Waals surface area contributed by atoms with Crippen LogP contribution in [-0.2, 0) is 16.0 Å². The molecule has 0 heterocycles. The number of carboxylic acids is 1. The van der Waals surface area contributed by atoms with Crippen LogP contribution in [0.3, 0.4) is 0 Å². The molecule has 0 unspecified atom stereocenters. The molecular weight excluding hydrogens is 291 g/mol. The van der Waals surface area contributed by atoms with Gasteiger partial charge in [-0.15, -0.1) is 13.2 Å². The first-order chi connectivity index (χ1) is 9.49. The second kappa shape index (κ2) is 6.02. The Morgan fingerprint density at radius 1 is 1.29 bits per heavy atom. The zero-order valence-electron chi connectivity index (χ0n) is 11.3. The topological polar surface area (TPSA) is 75.6 Å². The fourth-order valence-electron chi connectivity index (χ4n) is 1.48. The van der Waals surface area contributed by atoms with E-state index in [1.807, 2.05) is 0 Å². The van der Waals surface area contributed by atoms with E-state index in [0.29, 0.717) is 0 Å². The molecule has 0 saturated carbocycles. The van der Waals surface area contributed by atoms with E-state index in [-0.39, 0.29) is 12.0 Å². The Hall–Kier alpha value is -2.25. The monoisotopic (exact) mass is 305 g/mol. The highest BCUT2D eigenvalue weighted by molar-refractivity contribution is 5.87. The molecule has 0 spiro atoms. The molecule has 116 valence electrons. The largest absolute Gasteiger partial charge is 0.573 e. The molecule has 1 amide bonds. The number of carbonyl (C=O) groups is 2. The van der Waals surface area contributed by atoms with Gasteiger partial charge < -0.3 is 15.2 Å². The van der Waals surface area contributed by atoms with Gasteiger partial charge in [-0.3, -0.25) is 4.79 Å². The first-order valence-electron chi connectivity index (χ1n) is 5.89. The van der Waals surface area contributed by atoms with Gasteiger partial charge in [0.2, 0.25) is 5.91 Å². The minimum absolute atomic E-state index is 0.258. The average molecular weight is 305 g/mol. The summed E-state index contributed by atoms with van der Waals surface area (Å²) >= 11 is 0. The van der Waals surface area contributed by atoms with Gasteiger partial charge in [-0.1, -0.05) is 12.1 Å². The van der Waals surface area contributed by atoms with Crippen LogP contribution >= 0.6 is 0 Å². The van der Waals surface area contributed by atoms with Crippen molar-refractivity contribution in [1.29, 1.82) is 0 Å². The zero-order chi connectivity index (χ0) is 16.3. The summed E-state index contributed by atoms with van der Waals surface area (Å²) in [6.45, 7) is 2.60. The lowest BCUT2D eigenvalue weighted by Crippen LogP contribution is -2.50. The number of carbonyl (C=O) groups excluding carboxylic acids is 1. The van der Waals surface area contributed by atoms with Crippen LogP contribution in [0.5, 0.6) is 5.75 Å². The third kappa shape index (κ3) is 5.72. The van der Waals surface area contributed by atoms with E-state index < -0.39 is 29.5 Å². The smallest absolute Gasteiger partial charge is 0.480 e. The van der Waals surface area contributed by atoms with Gasteiger partial charge in [0.15, 0.2) is 0 Å². The van der Waals surface area contributed by atoms with Gasteiger partial charge in [-0.25, -0.2) is 4.79 Å². The molecule has 2 N–H and O–H groups in total. The molecular formula is C13H14F3NO4. The van der Waals surface area contributed by atoms with Gasteiger partial charge in [0.05, 0.1) is 6.42 Å². The van der Waals surface area contributed by atoms with Crippen molar-refractivity contribution in [3.63, 3.8) is 0 Å². The maximum atomic E-state index is 12.1. The molecule has 0 aliphatic carbocycles. The van der Waals surface area contributed by atoms with Crippen molar-refractivity contribution in [1.82, 2.24) is 5.32 Å². The summed E-state index contributed by atoms with van der Waals surface area (Å²) in [7, 11) is 0. The van der Waals surface area contributed by atoms with Crippen molar-refractivity contribution >= 4 is 11.9 Å². The van der Waals surface area contributed by atoms with Crippen molar-refractivity contribution < 1.29 is 32.6 Å². The molecule has 0 fully saturated rings. The standard InChI is InChI=1S/C13H14F3NO4/c1-12(2,11(19)20)17-10(18)7-8-4-3-5-9(6-8)21-13(14,15)16/h3-6H,7H2,1-2H3,(H,17,18)(H,19,20). The number of amides is 1. The highest BCUT2D eigenvalue weighted by Gasteiger charge is 2.31. The average Bonchev–Trinajstić information content (AvgIpc) is 2.25. The molecule has 21 heavy (non-hydrogen) atoms. The van der Waals surface area contributed by atoms with Crippen LogP contribution < -0.4 is 10.1 Å². The molecule has 0 radical (unpaired) electrons. The molecule has 1 aromatic rings. The molecule has 0 aromatic heterocycles. The Morgan fingerprint density at radius 3 is 2.43 bits per heavy atom. The van der Waals surface area contributed by atoms with Crippen LogP contribution in [0.15, 0.2) is 24.3 Å². The normalized spacial score (nSPS) is 11.9. The molecule has 0 saturated heterocycles. The van der Waals surface area contributed by atoms with E-state index in [4.69, 9.17) is 5.11 Å². The number of carboxylic acid groups (broad SMARTS) is 1. The Kier molecular flexibility index (Phi) is 4.82. The van der Waals surface area contributed by atoms with Crippen LogP contribution in [0.4, 0.5) is 13.2 Å². The van der Waals surface area contributed by atoms with E-state index in [9.17, 15) is 22.8 Å². The van der Waals surface area contributed by atoms with Gasteiger partial charge in [0.1, 0.15) is 11.3 Å². The van der Waals surface area contributed by atoms with Gasteiger partial charge in [0.25, 0.3) is 0 Å². The Bertz CT molecular complexity index is 540. The maximum Gasteiger partial charge on any atom is 0.573 e. The lowest BCUT2D eigenvalue weighted by molar-refractivity contribution is -0.274. The van der Waals surface area contributed by atoms with Crippen LogP contribution in [0.2, 0.25) is 0 Å². The summed E-state index contributed by atoms with van der Waals surface area (Å²) in [6, 6.07) is 4.93. The van der Waals surface area contributed by atoms with Gasteiger partial charge in [-0.05, 0) is 31.5 Å². The van der Waals surface area contributed by atoms with Crippen LogP contribution in [-0.4, -0.2) is 28.9 Å². The zero-order valence-corrected chi connectivity index (χ0v) is 11.3. The van der Waals surface area contributed by atoms with E-state index in [1.165, 1.54) is 26.0 Å². The fraction of sp³-hybridized carbons (Fsp3) is 0.385. The van der Waals surface area contributed by atoms with Crippen LogP contribution in [0.1, 0.15) is 19.4 Å². The highest BCUT2D eigenvalue weighted by Crippen LogP contribution is 2.23. The number of aliphatic carboxylic acids is 1. The summed E-state index contributed by atoms with van der Waals surface area (Å²) in [5.41, 5.74) is -1.19. The molecule has 0 aliphatic heterocycles. The number of rotatable bonds is 5. The van der Waals surface area contributed by atoms with E-state index in [0.717, 1.165) is 12.1 Å². The molecule has 0 atom stereocenters. The van der Waals surface area contributed by atoms with E-state index >= 15 is 0 Å². The van der Waals surface area contributed by atoms with Gasteiger partial charge in [-0.2, -0.15) is 0 Å². The first kappa shape index (κ1) is 16.8. The van der Waals surface area contributed by atoms with Gasteiger partial charge >= 0.3 is 12.3 Å². The molecule has 5 nitrogen and oxygen atoms in total. The summed E-state index contributed by atoms with van der Waals surface area (Å²) in [4.78, 5) is 22.6. The van der Waals surface area contributed by atoms with Crippen molar-refractivity contribution in [2.45, 2.75) is 32.2 Å². The molecule has 8 heteroatoms. The SMILES string of the molecule is CC(C)(NC(=O)Cc1cccc(OC(F)(F)F)c1)C(=O)O. The first-order valence-corrected chi connectivity index (χ1v) is 5.89. The van der Waals surface area contributed by atoms with Crippen molar-refractivity contribution in [3.05, 3.63) is 29.8 Å². The maximum absolute atomic E-state index is 12.1. The number of hydrogen-bond acceptors (Lipinski definition) is 3. The number of alkyl halides is 3. The lowest BCUT2D eigenvalue weighted by Gasteiger charge is -2.21. The fourth-order valence-corrected chi connectivity index (χ4v) is 1.48. The van der Waals surface area contributed by atoms with Crippen molar-refractivity contribution in [2.24, 2.45) is 0 Å². The molecule has 1 aromatic carbocycles. The van der Waals surface area contributed by atoms with Crippen LogP contribution in [0, 0.1) is 0 Å². The van der Waals surface area contributed by atoms with E-state index in [1.54, 1.807) is 0 Å². The summed E-state index contributed by atoms with van der Waals surface area (Å²) in [5.74, 6) is -2.28. The quantitative estimate of drug-likeness (QED) is 0.873. The second-order valence-electron chi connectivity index (χ2n) is 4.85. The third-order valence-electron chi connectivity index (χ3n) is 2.48. The number of benzene rings is 1. The second-order valence-corrected chi connectivity index (χ2v) is 4.85. The number of nitrogens with one attached hydrogen (secondary N) is 1. The predicted octanol–water partition coefficient (Wildman–Crippen LogP) is 2.11. The molecule has 0 bridgehead atoms. The van der Waals surface area contributed by atoms with Crippen molar-refractivity contribution in [3.8, 4) is 5.75 Å². The number of hydrogen-bond donors (Lipinski definition) is 2. The summed E-state index contributed by atoms with van der Waals surface area (Å²) in [6.07, 6.45) is -5.07. The molecule has 1 rings (SSSR count). The van der Waals surface area contributed by atoms with Gasteiger partial charge in [0, 0.05) is 0 Å². The van der Waals surface area contributed by atoms with Crippen molar-refractivity contribution in [2.75, 3.05) is 0 Å². The summed E-state index contributed by atoms with van der Waals surface area (Å²) < 4.78 is 40.0. The minimum Gasteiger partial charge on any atom is -0.480 e. The van der Waals surface area contributed by atoms with Crippen LogP contribution in [0.25, 0.3) is 0 Å². The predicted molar refractivity (Wildman–Crippen MR) is 66.7 cm³/mol. The van der Waals surface area contributed by atoms with E-state index in [2.05, 4.69) is 10.1 Å². The third-order valence-corrected chi connectivity index (χ3v) is 2.48. The Labute approximate surface area is 118 Å². The minimum atomic E-state index is -4.81. The Morgan fingerprint density at radius 2 is 1.90 bits per heavy atom. The summed E-state index contributed by atoms with van der Waals surface area (Å²) in [5, 5.41) is 11.1. The Balaban J connectivity index is 2.73.